The summed E-state index contributed by atoms with van der Waals surface area (Å²) in [6.45, 7) is 8.71. The van der Waals surface area contributed by atoms with Crippen molar-refractivity contribution in [3.05, 3.63) is 20.1 Å². The second-order valence-electron chi connectivity index (χ2n) is 5.36. The maximum atomic E-state index is 9.71. The van der Waals surface area contributed by atoms with Crippen molar-refractivity contribution in [3.8, 4) is 5.75 Å². The molecule has 0 saturated heterocycles. The molecule has 0 aromatic heterocycles. The number of benzene rings is 1. The fraction of sp³-hybridized carbons (Fsp3) is 0.571. The maximum absolute atomic E-state index is 9.71. The average Bonchev–Trinajstić information content (AvgIpc) is 2.38. The second kappa shape index (κ2) is 7.69. The van der Waals surface area contributed by atoms with Gasteiger partial charge in [-0.1, -0.05) is 74.1 Å². The van der Waals surface area contributed by atoms with E-state index in [4.69, 9.17) is 46.4 Å². The highest BCUT2D eigenvalue weighted by molar-refractivity contribution is 8.00. The van der Waals surface area contributed by atoms with Crippen LogP contribution in [0.3, 0.4) is 0 Å². The minimum atomic E-state index is -0.268. The van der Waals surface area contributed by atoms with E-state index in [1.807, 2.05) is 0 Å². The van der Waals surface area contributed by atoms with Crippen LogP contribution >= 0.6 is 58.2 Å². The fourth-order valence-electron chi connectivity index (χ4n) is 1.94. The Labute approximate surface area is 144 Å². The van der Waals surface area contributed by atoms with E-state index in [2.05, 4.69) is 27.7 Å². The Bertz CT molecular complexity index is 462. The molecule has 2 atom stereocenters. The minimum absolute atomic E-state index is 0.0484. The normalized spacial score (nSPS) is 14.7. The first kappa shape index (κ1) is 18.6. The molecule has 0 aliphatic carbocycles. The number of aromatic hydroxyl groups is 1. The number of thioether (sulfide) groups is 1. The van der Waals surface area contributed by atoms with Crippen molar-refractivity contribution in [2.75, 3.05) is 0 Å². The Morgan fingerprint density at radius 2 is 1.35 bits per heavy atom. The molecule has 0 fully saturated rings. The lowest BCUT2D eigenvalue weighted by molar-refractivity contribution is 0.437. The third-order valence-electron chi connectivity index (χ3n) is 3.15. The second-order valence-corrected chi connectivity index (χ2v) is 8.26. The van der Waals surface area contributed by atoms with Gasteiger partial charge in [-0.25, -0.2) is 0 Å². The SMILES string of the molecule is CC(C)CC(C)C(C)Sc1c(Cl)c(Cl)c(O)c(Cl)c1Cl. The lowest BCUT2D eigenvalue weighted by atomic mass is 9.96. The van der Waals surface area contributed by atoms with Gasteiger partial charge in [-0.2, -0.15) is 0 Å². The van der Waals surface area contributed by atoms with Crippen LogP contribution in [0, 0.1) is 11.8 Å². The van der Waals surface area contributed by atoms with Crippen molar-refractivity contribution < 1.29 is 5.11 Å². The van der Waals surface area contributed by atoms with Crippen LogP contribution in [0.4, 0.5) is 0 Å². The summed E-state index contributed by atoms with van der Waals surface area (Å²) in [6, 6.07) is 0. The molecule has 6 heteroatoms. The Morgan fingerprint density at radius 3 is 1.75 bits per heavy atom. The first-order valence-corrected chi connectivity index (χ1v) is 8.77. The monoisotopic (exact) mass is 374 g/mol. The van der Waals surface area contributed by atoms with Gasteiger partial charge in [0.2, 0.25) is 0 Å². The lowest BCUT2D eigenvalue weighted by Crippen LogP contribution is -2.12. The number of hydrogen-bond acceptors (Lipinski definition) is 2. The number of hydrogen-bond donors (Lipinski definition) is 1. The zero-order valence-electron chi connectivity index (χ0n) is 11.8. The number of halogens is 4. The summed E-state index contributed by atoms with van der Waals surface area (Å²) in [6.07, 6.45) is 1.11. The summed E-state index contributed by atoms with van der Waals surface area (Å²) in [5.74, 6) is 0.861. The van der Waals surface area contributed by atoms with Gasteiger partial charge < -0.3 is 5.11 Å². The van der Waals surface area contributed by atoms with Crippen molar-refractivity contribution in [2.45, 2.75) is 44.3 Å². The van der Waals surface area contributed by atoms with Gasteiger partial charge in [-0.05, 0) is 18.3 Å². The summed E-state index contributed by atoms with van der Waals surface area (Å²) in [7, 11) is 0. The lowest BCUT2D eigenvalue weighted by Gasteiger charge is -2.22. The van der Waals surface area contributed by atoms with Gasteiger partial charge in [0.05, 0.1) is 10.0 Å². The highest BCUT2D eigenvalue weighted by Crippen LogP contribution is 2.50. The van der Waals surface area contributed by atoms with Crippen LogP contribution in [0.5, 0.6) is 5.75 Å². The van der Waals surface area contributed by atoms with Crippen molar-refractivity contribution in [1.29, 1.82) is 0 Å². The molecule has 0 bridgehead atoms. The summed E-state index contributed by atoms with van der Waals surface area (Å²) < 4.78 is 0. The largest absolute Gasteiger partial charge is 0.505 e. The Balaban J connectivity index is 3.04. The molecule has 1 nitrogen and oxygen atoms in total. The Kier molecular flexibility index (Phi) is 7.14. The van der Waals surface area contributed by atoms with Gasteiger partial charge in [0.15, 0.2) is 5.75 Å². The van der Waals surface area contributed by atoms with E-state index in [0.717, 1.165) is 6.42 Å². The van der Waals surface area contributed by atoms with E-state index in [0.29, 0.717) is 22.0 Å². The van der Waals surface area contributed by atoms with Crippen LogP contribution < -0.4 is 0 Å². The Morgan fingerprint density at radius 1 is 0.900 bits per heavy atom. The highest BCUT2D eigenvalue weighted by atomic mass is 35.5. The predicted octanol–water partition coefficient (Wildman–Crippen LogP) is 7.17. The molecule has 0 saturated carbocycles. The zero-order valence-corrected chi connectivity index (χ0v) is 15.6. The van der Waals surface area contributed by atoms with E-state index in [9.17, 15) is 5.11 Å². The van der Waals surface area contributed by atoms with Crippen LogP contribution in [0.15, 0.2) is 4.90 Å². The molecule has 20 heavy (non-hydrogen) atoms. The molecule has 0 radical (unpaired) electrons. The molecule has 0 heterocycles. The number of phenolic OH excluding ortho intramolecular Hbond substituents is 1. The molecule has 114 valence electrons. The minimum Gasteiger partial charge on any atom is -0.505 e. The summed E-state index contributed by atoms with van der Waals surface area (Å²) in [4.78, 5) is 0.629. The first-order valence-electron chi connectivity index (χ1n) is 6.38. The molecule has 1 rings (SSSR count). The Hall–Kier alpha value is 0.530. The molecule has 0 aliphatic rings. The molecule has 1 aromatic carbocycles. The molecule has 2 unspecified atom stereocenters. The molecule has 0 spiro atoms. The average molecular weight is 376 g/mol. The van der Waals surface area contributed by atoms with Crippen molar-refractivity contribution >= 4 is 58.2 Å². The van der Waals surface area contributed by atoms with Gasteiger partial charge in [0.1, 0.15) is 10.0 Å². The van der Waals surface area contributed by atoms with Crippen LogP contribution in [-0.2, 0) is 0 Å². The third kappa shape index (κ3) is 4.27. The number of rotatable bonds is 5. The maximum Gasteiger partial charge on any atom is 0.155 e. The molecular formula is C14H18Cl4OS. The number of phenols is 1. The van der Waals surface area contributed by atoms with E-state index in [1.165, 1.54) is 0 Å². The first-order chi connectivity index (χ1) is 9.16. The molecule has 1 N–H and O–H groups in total. The molecular weight excluding hydrogens is 358 g/mol. The van der Waals surface area contributed by atoms with Gasteiger partial charge in [0, 0.05) is 10.1 Å². The van der Waals surface area contributed by atoms with E-state index < -0.39 is 0 Å². The molecule has 1 aromatic rings. The quantitative estimate of drug-likeness (QED) is 0.434. The van der Waals surface area contributed by atoms with Crippen LogP contribution in [0.2, 0.25) is 20.1 Å². The van der Waals surface area contributed by atoms with Gasteiger partial charge in [-0.3, -0.25) is 0 Å². The van der Waals surface area contributed by atoms with Crippen LogP contribution in [-0.4, -0.2) is 10.4 Å². The molecule has 0 amide bonds. The summed E-state index contributed by atoms with van der Waals surface area (Å²) in [5.41, 5.74) is 0. The van der Waals surface area contributed by atoms with E-state index in [-0.39, 0.29) is 25.8 Å². The van der Waals surface area contributed by atoms with Crippen LogP contribution in [0.25, 0.3) is 0 Å². The highest BCUT2D eigenvalue weighted by Gasteiger charge is 2.23. The smallest absolute Gasteiger partial charge is 0.155 e. The van der Waals surface area contributed by atoms with Crippen molar-refractivity contribution in [1.82, 2.24) is 0 Å². The van der Waals surface area contributed by atoms with E-state index in [1.54, 1.807) is 11.8 Å². The fourth-order valence-corrected chi connectivity index (χ4v) is 4.29. The van der Waals surface area contributed by atoms with Crippen molar-refractivity contribution in [2.24, 2.45) is 11.8 Å². The van der Waals surface area contributed by atoms with Gasteiger partial charge in [-0.15, -0.1) is 11.8 Å². The third-order valence-corrected chi connectivity index (χ3v) is 6.54. The molecule has 0 aliphatic heterocycles. The summed E-state index contributed by atoms with van der Waals surface area (Å²) >= 11 is 25.8. The van der Waals surface area contributed by atoms with Crippen molar-refractivity contribution in [3.63, 3.8) is 0 Å². The van der Waals surface area contributed by atoms with E-state index >= 15 is 0 Å². The zero-order chi connectivity index (χ0) is 15.6. The van der Waals surface area contributed by atoms with Gasteiger partial charge >= 0.3 is 0 Å². The predicted molar refractivity (Wildman–Crippen MR) is 92.1 cm³/mol. The summed E-state index contributed by atoms with van der Waals surface area (Å²) in [5, 5.41) is 10.6. The van der Waals surface area contributed by atoms with Crippen LogP contribution in [0.1, 0.15) is 34.1 Å². The van der Waals surface area contributed by atoms with Gasteiger partial charge in [0.25, 0.3) is 0 Å². The topological polar surface area (TPSA) is 20.2 Å². The standard InChI is InChI=1S/C14H18Cl4OS/c1-6(2)5-7(3)8(4)20-14-11(17)9(15)13(19)10(16)12(14)18/h6-8,19H,5H2,1-4H3.